The van der Waals surface area contributed by atoms with Crippen molar-refractivity contribution in [3.63, 3.8) is 0 Å². The first-order chi connectivity index (χ1) is 9.17. The number of benzene rings is 1. The maximum atomic E-state index is 12.8. The highest BCUT2D eigenvalue weighted by atomic mass is 19.1. The molecule has 1 rings (SSSR count). The smallest absolute Gasteiger partial charge is 0.193 e. The zero-order valence-electron chi connectivity index (χ0n) is 12.1. The molecule has 1 aromatic carbocycles. The van der Waals surface area contributed by atoms with Gasteiger partial charge in [0.1, 0.15) is 5.82 Å². The number of rotatable bonds is 6. The van der Waals surface area contributed by atoms with Crippen LogP contribution in [0, 0.1) is 5.82 Å². The summed E-state index contributed by atoms with van der Waals surface area (Å²) in [6.07, 6.45) is 3.20. The van der Waals surface area contributed by atoms with E-state index in [1.54, 1.807) is 7.05 Å². The zero-order valence-corrected chi connectivity index (χ0v) is 12.1. The quantitative estimate of drug-likeness (QED) is 0.632. The lowest BCUT2D eigenvalue weighted by molar-refractivity contribution is 0.465. The minimum atomic E-state index is -0.188. The standard InChI is InChI=1S/C15H24FN3/c1-4-5-12-19(3)15(17-2)18-11-10-13-6-8-14(16)9-7-13/h6-9H,4-5,10-12H2,1-3H3,(H,17,18). The molecule has 0 atom stereocenters. The van der Waals surface area contributed by atoms with Crippen molar-refractivity contribution in [1.82, 2.24) is 10.2 Å². The largest absolute Gasteiger partial charge is 0.356 e. The number of halogens is 1. The minimum absolute atomic E-state index is 0.188. The summed E-state index contributed by atoms with van der Waals surface area (Å²) >= 11 is 0. The maximum Gasteiger partial charge on any atom is 0.193 e. The van der Waals surface area contributed by atoms with E-state index < -0.39 is 0 Å². The van der Waals surface area contributed by atoms with Crippen molar-refractivity contribution in [2.45, 2.75) is 26.2 Å². The van der Waals surface area contributed by atoms with Crippen LogP contribution in [-0.2, 0) is 6.42 Å². The molecule has 0 aliphatic rings. The van der Waals surface area contributed by atoms with Gasteiger partial charge in [-0.15, -0.1) is 0 Å². The Morgan fingerprint density at radius 2 is 2.00 bits per heavy atom. The fourth-order valence-electron chi connectivity index (χ4n) is 1.86. The lowest BCUT2D eigenvalue weighted by Gasteiger charge is -2.21. The summed E-state index contributed by atoms with van der Waals surface area (Å²) in [5.41, 5.74) is 1.13. The molecule has 0 radical (unpaired) electrons. The van der Waals surface area contributed by atoms with E-state index in [9.17, 15) is 4.39 Å². The van der Waals surface area contributed by atoms with Crippen LogP contribution in [0.5, 0.6) is 0 Å². The highest BCUT2D eigenvalue weighted by molar-refractivity contribution is 5.79. The van der Waals surface area contributed by atoms with Gasteiger partial charge in [0, 0.05) is 27.2 Å². The molecule has 106 valence electrons. The van der Waals surface area contributed by atoms with Gasteiger partial charge < -0.3 is 10.2 Å². The molecule has 0 aliphatic heterocycles. The van der Waals surface area contributed by atoms with Gasteiger partial charge >= 0.3 is 0 Å². The van der Waals surface area contributed by atoms with E-state index in [4.69, 9.17) is 0 Å². The fraction of sp³-hybridized carbons (Fsp3) is 0.533. The number of aliphatic imine (C=N–C) groups is 1. The van der Waals surface area contributed by atoms with Crippen LogP contribution in [0.15, 0.2) is 29.3 Å². The summed E-state index contributed by atoms with van der Waals surface area (Å²) in [5.74, 6) is 0.724. The van der Waals surface area contributed by atoms with Crippen molar-refractivity contribution in [3.8, 4) is 0 Å². The van der Waals surface area contributed by atoms with Crippen LogP contribution in [0.3, 0.4) is 0 Å². The van der Waals surface area contributed by atoms with Crippen LogP contribution in [-0.4, -0.2) is 38.0 Å². The van der Waals surface area contributed by atoms with Crippen molar-refractivity contribution < 1.29 is 4.39 Å². The molecular formula is C15H24FN3. The van der Waals surface area contributed by atoms with Crippen LogP contribution in [0.25, 0.3) is 0 Å². The molecule has 0 unspecified atom stereocenters. The molecule has 0 amide bonds. The molecule has 0 heterocycles. The Morgan fingerprint density at radius 1 is 1.32 bits per heavy atom. The van der Waals surface area contributed by atoms with Gasteiger partial charge in [0.25, 0.3) is 0 Å². The Bertz CT molecular complexity index is 387. The van der Waals surface area contributed by atoms with E-state index in [-0.39, 0.29) is 5.82 Å². The van der Waals surface area contributed by atoms with Gasteiger partial charge in [-0.2, -0.15) is 0 Å². The Kier molecular flexibility index (Phi) is 6.93. The molecule has 0 fully saturated rings. The van der Waals surface area contributed by atoms with Crippen LogP contribution in [0.4, 0.5) is 4.39 Å². The average Bonchev–Trinajstić information content (AvgIpc) is 2.43. The van der Waals surface area contributed by atoms with E-state index in [1.165, 1.54) is 18.6 Å². The molecule has 1 N–H and O–H groups in total. The molecular weight excluding hydrogens is 241 g/mol. The second-order valence-electron chi connectivity index (χ2n) is 4.63. The van der Waals surface area contributed by atoms with Crippen LogP contribution in [0.2, 0.25) is 0 Å². The summed E-state index contributed by atoms with van der Waals surface area (Å²) in [5, 5.41) is 3.32. The van der Waals surface area contributed by atoms with E-state index in [0.29, 0.717) is 0 Å². The summed E-state index contributed by atoms with van der Waals surface area (Å²) in [4.78, 5) is 6.39. The van der Waals surface area contributed by atoms with Gasteiger partial charge in [-0.05, 0) is 30.5 Å². The van der Waals surface area contributed by atoms with Crippen molar-refractivity contribution in [2.75, 3.05) is 27.2 Å². The first-order valence-corrected chi connectivity index (χ1v) is 6.83. The number of hydrogen-bond donors (Lipinski definition) is 1. The SMILES string of the molecule is CCCCN(C)C(=NC)NCCc1ccc(F)cc1. The molecule has 0 bridgehead atoms. The number of guanidine groups is 1. The van der Waals surface area contributed by atoms with E-state index in [2.05, 4.69) is 22.1 Å². The fourth-order valence-corrected chi connectivity index (χ4v) is 1.86. The summed E-state index contributed by atoms with van der Waals surface area (Å²) in [6.45, 7) is 3.99. The predicted molar refractivity (Wildman–Crippen MR) is 79.0 cm³/mol. The van der Waals surface area contributed by atoms with Crippen molar-refractivity contribution in [2.24, 2.45) is 4.99 Å². The number of nitrogens with zero attached hydrogens (tertiary/aromatic N) is 2. The van der Waals surface area contributed by atoms with Gasteiger partial charge in [0.2, 0.25) is 0 Å². The molecule has 0 spiro atoms. The topological polar surface area (TPSA) is 27.6 Å². The van der Waals surface area contributed by atoms with Gasteiger partial charge in [-0.25, -0.2) is 4.39 Å². The molecule has 1 aromatic rings. The maximum absolute atomic E-state index is 12.8. The summed E-state index contributed by atoms with van der Waals surface area (Å²) in [6, 6.07) is 6.64. The molecule has 0 saturated heterocycles. The Balaban J connectivity index is 2.35. The van der Waals surface area contributed by atoms with Crippen LogP contribution in [0.1, 0.15) is 25.3 Å². The van der Waals surface area contributed by atoms with Gasteiger partial charge in [-0.3, -0.25) is 4.99 Å². The second-order valence-corrected chi connectivity index (χ2v) is 4.63. The van der Waals surface area contributed by atoms with E-state index in [0.717, 1.165) is 37.5 Å². The highest BCUT2D eigenvalue weighted by Gasteiger charge is 2.04. The average molecular weight is 265 g/mol. The number of hydrogen-bond acceptors (Lipinski definition) is 1. The second kappa shape index (κ2) is 8.51. The lowest BCUT2D eigenvalue weighted by Crippen LogP contribution is -2.40. The minimum Gasteiger partial charge on any atom is -0.356 e. The normalized spacial score (nSPS) is 11.5. The third kappa shape index (κ3) is 5.73. The molecule has 0 aliphatic carbocycles. The van der Waals surface area contributed by atoms with Crippen molar-refractivity contribution in [1.29, 1.82) is 0 Å². The first-order valence-electron chi connectivity index (χ1n) is 6.83. The molecule has 0 aromatic heterocycles. The third-order valence-electron chi connectivity index (χ3n) is 3.03. The number of nitrogens with one attached hydrogen (secondary N) is 1. The highest BCUT2D eigenvalue weighted by Crippen LogP contribution is 2.03. The van der Waals surface area contributed by atoms with Crippen molar-refractivity contribution >= 4 is 5.96 Å². The third-order valence-corrected chi connectivity index (χ3v) is 3.03. The molecule has 3 nitrogen and oxygen atoms in total. The molecule has 0 saturated carbocycles. The monoisotopic (exact) mass is 265 g/mol. The molecule has 19 heavy (non-hydrogen) atoms. The van der Waals surface area contributed by atoms with Gasteiger partial charge in [0.05, 0.1) is 0 Å². The first kappa shape index (κ1) is 15.5. The Labute approximate surface area is 115 Å². The van der Waals surface area contributed by atoms with Gasteiger partial charge in [-0.1, -0.05) is 25.5 Å². The zero-order chi connectivity index (χ0) is 14.1. The summed E-state index contributed by atoms with van der Waals surface area (Å²) < 4.78 is 12.8. The van der Waals surface area contributed by atoms with Gasteiger partial charge in [0.15, 0.2) is 5.96 Å². The predicted octanol–water partition coefficient (Wildman–Crippen LogP) is 2.68. The Hall–Kier alpha value is -1.58. The van der Waals surface area contributed by atoms with E-state index >= 15 is 0 Å². The number of unbranched alkanes of at least 4 members (excludes halogenated alkanes) is 1. The van der Waals surface area contributed by atoms with Crippen LogP contribution >= 0.6 is 0 Å². The van der Waals surface area contributed by atoms with Crippen LogP contribution < -0.4 is 5.32 Å². The van der Waals surface area contributed by atoms with E-state index in [1.807, 2.05) is 19.2 Å². The molecule has 4 heteroatoms. The lowest BCUT2D eigenvalue weighted by atomic mass is 10.1. The Morgan fingerprint density at radius 3 is 2.58 bits per heavy atom. The van der Waals surface area contributed by atoms with Crippen molar-refractivity contribution in [3.05, 3.63) is 35.6 Å². The summed E-state index contributed by atoms with van der Waals surface area (Å²) in [7, 11) is 3.84.